The summed E-state index contributed by atoms with van der Waals surface area (Å²) in [7, 11) is 0. The highest BCUT2D eigenvalue weighted by molar-refractivity contribution is 6.32. The van der Waals surface area contributed by atoms with Crippen molar-refractivity contribution in [3.63, 3.8) is 0 Å². The molecule has 0 radical (unpaired) electrons. The minimum absolute atomic E-state index is 0.350. The highest BCUT2D eigenvalue weighted by Gasteiger charge is 2.20. The lowest BCUT2D eigenvalue weighted by Gasteiger charge is -2.17. The molecule has 4 N–H and O–H groups in total. The molecular weight excluding hydrogens is 316 g/mol. The van der Waals surface area contributed by atoms with Gasteiger partial charge >= 0.3 is 0 Å². The van der Waals surface area contributed by atoms with E-state index in [-0.39, 0.29) is 0 Å². The predicted octanol–water partition coefficient (Wildman–Crippen LogP) is 2.75. The first kappa shape index (κ1) is 16.1. The highest BCUT2D eigenvalue weighted by Crippen LogP contribution is 2.34. The summed E-state index contributed by atoms with van der Waals surface area (Å²) in [6.07, 6.45) is 4.72. The van der Waals surface area contributed by atoms with E-state index in [2.05, 4.69) is 15.3 Å². The van der Waals surface area contributed by atoms with Gasteiger partial charge < -0.3 is 5.32 Å². The van der Waals surface area contributed by atoms with Gasteiger partial charge in [0.25, 0.3) is 0 Å². The van der Waals surface area contributed by atoms with Crippen molar-refractivity contribution < 1.29 is 15.6 Å². The van der Waals surface area contributed by atoms with Crippen molar-refractivity contribution in [3.8, 4) is 11.1 Å². The number of quaternary nitrogens is 1. The zero-order valence-corrected chi connectivity index (χ0v) is 13.6. The second-order valence-corrected chi connectivity index (χ2v) is 6.17. The van der Waals surface area contributed by atoms with Crippen LogP contribution in [0.4, 0.5) is 11.5 Å². The Bertz CT molecular complexity index is 685. The molecule has 1 aromatic carbocycles. The monoisotopic (exact) mass is 335 g/mol. The van der Waals surface area contributed by atoms with E-state index in [1.165, 1.54) is 12.8 Å². The average molecular weight is 336 g/mol. The first-order chi connectivity index (χ1) is 11.0. The molecule has 1 aromatic heterocycles. The fourth-order valence-corrected chi connectivity index (χ4v) is 3.27. The Morgan fingerprint density at radius 1 is 1.13 bits per heavy atom. The van der Waals surface area contributed by atoms with E-state index in [1.54, 1.807) is 24.3 Å². The van der Waals surface area contributed by atoms with Gasteiger partial charge in [0.15, 0.2) is 5.69 Å². The second-order valence-electron chi connectivity index (χ2n) is 5.81. The van der Waals surface area contributed by atoms with E-state index in [9.17, 15) is 0 Å². The number of rotatable bonds is 4. The Kier molecular flexibility index (Phi) is 4.77. The molecule has 1 aliphatic rings. The Hall–Kier alpha value is -1.73. The minimum Gasteiger partial charge on any atom is -0.367 e. The fourth-order valence-electron chi connectivity index (χ4n) is 2.95. The molecule has 7 heteroatoms. The number of anilines is 1. The van der Waals surface area contributed by atoms with Gasteiger partial charge in [-0.15, -0.1) is 0 Å². The summed E-state index contributed by atoms with van der Waals surface area (Å²) in [4.78, 5) is 8.77. The number of nitrogens with zero attached hydrogens (tertiary/aromatic N) is 2. The molecule has 23 heavy (non-hydrogen) atoms. The maximum absolute atomic E-state index is 9.13. The number of nitrogens with one attached hydrogen (secondary N) is 2. The number of aromatic nitrogens is 2. The molecule has 0 spiro atoms. The van der Waals surface area contributed by atoms with E-state index in [1.807, 2.05) is 6.92 Å². The largest absolute Gasteiger partial charge is 0.367 e. The molecule has 1 saturated carbocycles. The first-order valence-corrected chi connectivity index (χ1v) is 8.09. The zero-order chi connectivity index (χ0) is 16.4. The molecular formula is C16H20ClN4O2+. The van der Waals surface area contributed by atoms with E-state index in [4.69, 9.17) is 22.0 Å². The normalized spacial score (nSPS) is 15.3. The number of hydrogen-bond donors (Lipinski definition) is 4. The standard InChI is InChI=1S/C16H19ClN4O2/c1-10-18-15(17)14(11-6-8-13(9-7-11)21(22)23)16(19-10)20-12-4-2-3-5-12/h6-9,12,22-23H,2-5H2,1H3,(H,18,19,20)/p+1. The summed E-state index contributed by atoms with van der Waals surface area (Å²) in [6, 6.07) is 7.22. The van der Waals surface area contributed by atoms with Crippen LogP contribution in [0.1, 0.15) is 31.5 Å². The third-order valence-corrected chi connectivity index (χ3v) is 4.38. The Balaban J connectivity index is 1.99. The average Bonchev–Trinajstić information content (AvgIpc) is 3.00. The number of halogens is 1. The maximum atomic E-state index is 9.13. The van der Waals surface area contributed by atoms with Gasteiger partial charge in [-0.3, -0.25) is 0 Å². The van der Waals surface area contributed by atoms with Crippen LogP contribution < -0.4 is 10.5 Å². The van der Waals surface area contributed by atoms with Gasteiger partial charge in [0, 0.05) is 18.2 Å². The molecule has 0 atom stereocenters. The molecule has 6 nitrogen and oxygen atoms in total. The van der Waals surface area contributed by atoms with Gasteiger partial charge in [-0.25, -0.2) is 9.97 Å². The molecule has 0 aliphatic heterocycles. The number of benzene rings is 1. The van der Waals surface area contributed by atoms with Crippen molar-refractivity contribution in [2.24, 2.45) is 0 Å². The lowest BCUT2D eigenvalue weighted by molar-refractivity contribution is -1.19. The SMILES string of the molecule is Cc1nc(Cl)c(-c2ccc([NH+](O)O)cc2)c(NC2CCCC2)n1. The van der Waals surface area contributed by atoms with Crippen LogP contribution in [0.25, 0.3) is 11.1 Å². The highest BCUT2D eigenvalue weighted by atomic mass is 35.5. The van der Waals surface area contributed by atoms with Gasteiger partial charge in [0.1, 0.15) is 16.8 Å². The number of hydrogen-bond acceptors (Lipinski definition) is 5. The van der Waals surface area contributed by atoms with Crippen molar-refractivity contribution in [2.75, 3.05) is 5.32 Å². The van der Waals surface area contributed by atoms with Crippen LogP contribution in [0.2, 0.25) is 5.15 Å². The molecule has 0 bridgehead atoms. The zero-order valence-electron chi connectivity index (χ0n) is 12.9. The van der Waals surface area contributed by atoms with Crippen LogP contribution in [-0.2, 0) is 0 Å². The predicted molar refractivity (Wildman–Crippen MR) is 87.3 cm³/mol. The third-order valence-electron chi connectivity index (χ3n) is 4.10. The molecule has 0 saturated heterocycles. The molecule has 1 fully saturated rings. The maximum Gasteiger partial charge on any atom is 0.197 e. The minimum atomic E-state index is -0.702. The van der Waals surface area contributed by atoms with E-state index >= 15 is 0 Å². The molecule has 1 aliphatic carbocycles. The third kappa shape index (κ3) is 3.61. The topological polar surface area (TPSA) is 82.7 Å². The lowest BCUT2D eigenvalue weighted by Crippen LogP contribution is -3.01. The van der Waals surface area contributed by atoms with Gasteiger partial charge in [-0.05, 0) is 42.7 Å². The Labute approximate surface area is 139 Å². The lowest BCUT2D eigenvalue weighted by atomic mass is 10.1. The van der Waals surface area contributed by atoms with Crippen molar-refractivity contribution in [2.45, 2.75) is 38.6 Å². The first-order valence-electron chi connectivity index (χ1n) is 7.71. The fraction of sp³-hybridized carbons (Fsp3) is 0.375. The summed E-state index contributed by atoms with van der Waals surface area (Å²) in [5.41, 5.74) is 1.93. The summed E-state index contributed by atoms with van der Waals surface area (Å²) in [5, 5.41) is 21.4. The van der Waals surface area contributed by atoms with E-state index < -0.39 is 5.23 Å². The molecule has 0 unspecified atom stereocenters. The smallest absolute Gasteiger partial charge is 0.197 e. The van der Waals surface area contributed by atoms with Crippen LogP contribution in [-0.4, -0.2) is 26.4 Å². The van der Waals surface area contributed by atoms with Crippen LogP contribution in [0, 0.1) is 6.92 Å². The van der Waals surface area contributed by atoms with Crippen molar-refractivity contribution in [1.29, 1.82) is 0 Å². The van der Waals surface area contributed by atoms with Crippen LogP contribution >= 0.6 is 11.6 Å². The molecule has 3 rings (SSSR count). The summed E-state index contributed by atoms with van der Waals surface area (Å²) >= 11 is 6.36. The van der Waals surface area contributed by atoms with Gasteiger partial charge in [0.05, 0.1) is 5.56 Å². The summed E-state index contributed by atoms with van der Waals surface area (Å²) in [5.74, 6) is 1.36. The summed E-state index contributed by atoms with van der Waals surface area (Å²) < 4.78 is 0. The number of aryl methyl sites for hydroxylation is 1. The second kappa shape index (κ2) is 6.80. The molecule has 0 amide bonds. The van der Waals surface area contributed by atoms with Gasteiger partial charge in [0.2, 0.25) is 0 Å². The van der Waals surface area contributed by atoms with Gasteiger partial charge in [-0.2, -0.15) is 10.4 Å². The van der Waals surface area contributed by atoms with Crippen LogP contribution in [0.5, 0.6) is 0 Å². The molecule has 122 valence electrons. The van der Waals surface area contributed by atoms with Gasteiger partial charge in [-0.1, -0.05) is 24.4 Å². The van der Waals surface area contributed by atoms with Crippen LogP contribution in [0.3, 0.4) is 0 Å². The van der Waals surface area contributed by atoms with Crippen LogP contribution in [0.15, 0.2) is 24.3 Å². The van der Waals surface area contributed by atoms with Crippen molar-refractivity contribution in [1.82, 2.24) is 9.97 Å². The van der Waals surface area contributed by atoms with Crippen molar-refractivity contribution >= 4 is 23.1 Å². The summed E-state index contributed by atoms with van der Waals surface area (Å²) in [6.45, 7) is 1.82. The Morgan fingerprint density at radius 3 is 2.39 bits per heavy atom. The van der Waals surface area contributed by atoms with E-state index in [0.29, 0.717) is 22.7 Å². The molecule has 1 heterocycles. The molecule has 2 aromatic rings. The van der Waals surface area contributed by atoms with Crippen molar-refractivity contribution in [3.05, 3.63) is 35.2 Å². The Morgan fingerprint density at radius 2 is 1.78 bits per heavy atom. The van der Waals surface area contributed by atoms with E-state index in [0.717, 1.165) is 29.8 Å². The quantitative estimate of drug-likeness (QED) is 0.510.